The largest absolute Gasteiger partial charge is 1.00 e. The molecule has 2 N–H and O–H groups in total. The summed E-state index contributed by atoms with van der Waals surface area (Å²) in [6, 6.07) is 6.23. The Morgan fingerprint density at radius 1 is 1.22 bits per heavy atom. The van der Waals surface area contributed by atoms with Gasteiger partial charge in [-0.05, 0) is 12.1 Å². The number of ether oxygens (including phenoxy) is 1. The molecule has 0 saturated heterocycles. The predicted octanol–water partition coefficient (Wildman–Crippen LogP) is 1.34. The van der Waals surface area contributed by atoms with Crippen molar-refractivity contribution >= 4 is 49.7 Å². The van der Waals surface area contributed by atoms with E-state index in [-0.39, 0.29) is 52.8 Å². The summed E-state index contributed by atoms with van der Waals surface area (Å²) in [5.74, 6) is -0.0885. The van der Waals surface area contributed by atoms with Crippen molar-refractivity contribution in [3.63, 3.8) is 0 Å². The first kappa shape index (κ1) is 31.2. The normalized spacial score (nSPS) is 9.33. The smallest absolute Gasteiger partial charge is 0.870 e. The van der Waals surface area contributed by atoms with Crippen molar-refractivity contribution in [3.05, 3.63) is 56.0 Å². The molecule has 0 unspecified atom stereocenters. The van der Waals surface area contributed by atoms with Gasteiger partial charge in [-0.25, -0.2) is 13.8 Å². The molecule has 0 fully saturated rings. The number of nitrogens with zero attached hydrogens (tertiary/aromatic N) is 1. The van der Waals surface area contributed by atoms with Crippen molar-refractivity contribution in [2.24, 2.45) is 0 Å². The number of hydrogen-bond donors (Lipinski definition) is 1. The third kappa shape index (κ3) is 20.1. The van der Waals surface area contributed by atoms with Gasteiger partial charge in [0, 0.05) is 33.5 Å². The van der Waals surface area contributed by atoms with E-state index in [4.69, 9.17) is 4.79 Å². The van der Waals surface area contributed by atoms with E-state index in [0.29, 0.717) is 4.47 Å². The minimum Gasteiger partial charge on any atom is -0.870 e. The third-order valence-corrected chi connectivity index (χ3v) is 2.82. The zero-order valence-electron chi connectivity index (χ0n) is 13.3. The Morgan fingerprint density at radius 2 is 1.74 bits per heavy atom. The fraction of sp³-hybridized carbons (Fsp3) is 0.154. The van der Waals surface area contributed by atoms with Gasteiger partial charge in [0.1, 0.15) is 0 Å². The first-order valence-electron chi connectivity index (χ1n) is 5.90. The molecular weight excluding hydrogens is 542 g/mol. The number of alkyl halides is 5. The van der Waals surface area contributed by atoms with Crippen LogP contribution in [0.4, 0.5) is 17.6 Å². The third-order valence-electron chi connectivity index (χ3n) is 1.76. The minimum absolute atomic E-state index is 0. The van der Waals surface area contributed by atoms with Crippen LogP contribution in [0.1, 0.15) is 0 Å². The Labute approximate surface area is 194 Å². The number of carbonyl (C=O) groups excluding carboxylic acids is 1. The SMILES string of the molecule is FC(F)Oc1cc(Br)ccn1.O=[C-]C(F)(F)Cl.O=c1cc(Br)cc[nH]1.[Na+].[OH-]. The van der Waals surface area contributed by atoms with Gasteiger partial charge in [-0.2, -0.15) is 15.1 Å². The van der Waals surface area contributed by atoms with E-state index in [2.05, 4.69) is 58.2 Å². The van der Waals surface area contributed by atoms with Crippen LogP contribution in [0.25, 0.3) is 0 Å². The molecular formula is C13H9Br2ClF4N2NaO4-. The van der Waals surface area contributed by atoms with Crippen LogP contribution in [-0.4, -0.2) is 33.7 Å². The van der Waals surface area contributed by atoms with Crippen molar-refractivity contribution in [1.82, 2.24) is 9.97 Å². The number of halogens is 7. The van der Waals surface area contributed by atoms with Gasteiger partial charge in [0.2, 0.25) is 16.8 Å². The Bertz CT molecular complexity index is 723. The summed E-state index contributed by atoms with van der Waals surface area (Å²) >= 11 is 10.2. The fourth-order valence-electron chi connectivity index (χ4n) is 0.959. The van der Waals surface area contributed by atoms with Crippen LogP contribution in [-0.2, 0) is 4.79 Å². The second kappa shape index (κ2) is 16.5. The molecule has 2 aromatic rings. The van der Waals surface area contributed by atoms with Crippen molar-refractivity contribution in [1.29, 1.82) is 0 Å². The van der Waals surface area contributed by atoms with Gasteiger partial charge in [-0.15, -0.1) is 0 Å². The number of pyridine rings is 2. The summed E-state index contributed by atoms with van der Waals surface area (Å²) in [4.78, 5) is 25.3. The number of nitrogens with one attached hydrogen (secondary N) is 1. The Hall–Kier alpha value is -0.500. The van der Waals surface area contributed by atoms with Gasteiger partial charge >= 0.3 is 36.2 Å². The zero-order valence-corrected chi connectivity index (χ0v) is 19.2. The molecule has 2 heterocycles. The summed E-state index contributed by atoms with van der Waals surface area (Å²) in [6.45, 7) is -2.82. The number of hydrogen-bond acceptors (Lipinski definition) is 5. The molecule has 0 radical (unpaired) electrons. The van der Waals surface area contributed by atoms with E-state index in [0.717, 1.165) is 4.47 Å². The van der Waals surface area contributed by atoms with Gasteiger partial charge in [-0.1, -0.05) is 43.5 Å². The molecule has 2 rings (SSSR count). The standard InChI is InChI=1S/C6H4BrF2NO.C5H4BrNO.C2ClF2O.Na.H2O/c7-4-1-2-10-5(3-4)11-6(8)9;6-4-1-2-7-5(8)3-4;3-2(4,5)1-6;;/h1-3,6H;1-3H,(H,7,8);;;1H2/q;;-1;+1;/p-1. The van der Waals surface area contributed by atoms with E-state index in [1.165, 1.54) is 18.3 Å². The molecule has 0 atom stereocenters. The molecule has 27 heavy (non-hydrogen) atoms. The molecule has 0 bridgehead atoms. The molecule has 6 nitrogen and oxygen atoms in total. The summed E-state index contributed by atoms with van der Waals surface area (Å²) in [7, 11) is 0. The summed E-state index contributed by atoms with van der Waals surface area (Å²) < 4.78 is 50.2. The van der Waals surface area contributed by atoms with Crippen LogP contribution in [0.15, 0.2) is 50.4 Å². The Balaban J connectivity index is -0.000000323. The van der Waals surface area contributed by atoms with E-state index < -0.39 is 12.0 Å². The Kier molecular flexibility index (Phi) is 19.0. The van der Waals surface area contributed by atoms with E-state index in [9.17, 15) is 22.4 Å². The Morgan fingerprint density at radius 3 is 2.07 bits per heavy atom. The second-order valence-electron chi connectivity index (χ2n) is 3.66. The quantitative estimate of drug-likeness (QED) is 0.269. The van der Waals surface area contributed by atoms with Crippen molar-refractivity contribution in [2.45, 2.75) is 12.0 Å². The monoisotopic (exact) mass is 549 g/mol. The van der Waals surface area contributed by atoms with Crippen molar-refractivity contribution < 1.29 is 62.1 Å². The molecule has 14 heteroatoms. The fourth-order valence-corrected chi connectivity index (χ4v) is 1.61. The van der Waals surface area contributed by atoms with Gasteiger partial charge in [0.25, 0.3) is 0 Å². The molecule has 0 aliphatic heterocycles. The molecule has 0 saturated carbocycles. The average molecular weight is 551 g/mol. The summed E-state index contributed by atoms with van der Waals surface area (Å²) in [5.41, 5.74) is -0.0839. The van der Waals surface area contributed by atoms with E-state index >= 15 is 0 Å². The second-order valence-corrected chi connectivity index (χ2v) is 5.97. The maximum atomic E-state index is 11.6. The summed E-state index contributed by atoms with van der Waals surface area (Å²) in [5, 5.41) is -3.79. The molecule has 0 aliphatic carbocycles. The maximum Gasteiger partial charge on any atom is 1.00 e. The van der Waals surface area contributed by atoms with Crippen LogP contribution in [0.5, 0.6) is 5.88 Å². The average Bonchev–Trinajstić information content (AvgIpc) is 2.47. The van der Waals surface area contributed by atoms with E-state index in [1.807, 2.05) is 0 Å². The van der Waals surface area contributed by atoms with Gasteiger partial charge < -0.3 is 20.0 Å². The number of aromatic amines is 1. The molecule has 0 aliphatic rings. The number of aromatic nitrogens is 2. The zero-order chi connectivity index (χ0) is 19.5. The first-order chi connectivity index (χ1) is 11.5. The van der Waals surface area contributed by atoms with E-state index in [1.54, 1.807) is 18.3 Å². The number of rotatable bonds is 3. The van der Waals surface area contributed by atoms with Crippen molar-refractivity contribution in [3.8, 4) is 5.88 Å². The predicted molar refractivity (Wildman–Crippen MR) is 91.8 cm³/mol. The van der Waals surface area contributed by atoms with Crippen molar-refractivity contribution in [2.75, 3.05) is 0 Å². The topological polar surface area (TPSA) is 102 Å². The molecule has 146 valence electrons. The van der Waals surface area contributed by atoms with Gasteiger partial charge in [0.15, 0.2) is 0 Å². The van der Waals surface area contributed by atoms with Gasteiger partial charge in [0.05, 0.1) is 0 Å². The maximum absolute atomic E-state index is 11.6. The molecule has 0 amide bonds. The first-order valence-corrected chi connectivity index (χ1v) is 7.86. The van der Waals surface area contributed by atoms with Crippen LogP contribution in [0, 0.1) is 0 Å². The summed E-state index contributed by atoms with van der Waals surface area (Å²) in [6.07, 6.45) is 3.25. The van der Waals surface area contributed by atoms with Crippen LogP contribution in [0.3, 0.4) is 0 Å². The van der Waals surface area contributed by atoms with Crippen LogP contribution < -0.4 is 39.9 Å². The van der Waals surface area contributed by atoms with Crippen LogP contribution >= 0.6 is 43.5 Å². The molecule has 2 aromatic heterocycles. The minimum atomic E-state index is -3.79. The molecule has 0 aromatic carbocycles. The molecule has 0 spiro atoms. The van der Waals surface area contributed by atoms with Crippen LogP contribution in [0.2, 0.25) is 0 Å². The van der Waals surface area contributed by atoms with Gasteiger partial charge in [-0.3, -0.25) is 4.79 Å². The number of H-pyrrole nitrogens is 1.